The molecule has 0 nitrogen and oxygen atoms in total. The fourth-order valence-corrected chi connectivity index (χ4v) is 0. The molecule has 0 unspecified atom stereocenters. The monoisotopic (exact) mass is 298 g/mol. The molecule has 0 aromatic carbocycles. The Morgan fingerprint density at radius 1 is 0.818 bits per heavy atom. The number of hydrogen-bond donors (Lipinski definition) is 0. The molecule has 62 valence electrons. The predicted molar refractivity (Wildman–Crippen MR) is 60.7 cm³/mol. The zero-order valence-electron chi connectivity index (χ0n) is 6.85. The van der Waals surface area contributed by atoms with E-state index in [4.69, 9.17) is 0 Å². The average Bonchev–Trinajstić information content (AvgIpc) is 1.96. The first-order valence-electron chi connectivity index (χ1n) is 2.64. The average molecular weight is 298 g/mol. The van der Waals surface area contributed by atoms with E-state index in [2.05, 4.69) is 59.7 Å². The number of halogens is 1. The summed E-state index contributed by atoms with van der Waals surface area (Å²) < 4.78 is 0. The van der Waals surface area contributed by atoms with Crippen molar-refractivity contribution in [3.8, 4) is 0 Å². The van der Waals surface area contributed by atoms with Gasteiger partial charge >= 0.3 is 35.9 Å². The van der Waals surface area contributed by atoms with Gasteiger partial charge in [-0.2, -0.15) is 0 Å². The van der Waals surface area contributed by atoms with Gasteiger partial charge in [0.2, 0.25) is 0 Å². The molecule has 11 heavy (non-hydrogen) atoms. The molecule has 0 aliphatic carbocycles. The Hall–Kier alpha value is 0.274. The Bertz CT molecular complexity index is 46.3. The summed E-state index contributed by atoms with van der Waals surface area (Å²) in [5.41, 5.74) is 0. The SMILES string of the molecule is C=C[CH2-].C=C[CH2-].C=C[CH2-].[Ti+3][I]. The van der Waals surface area contributed by atoms with Gasteiger partial charge in [-0.15, -0.1) is 0 Å². The van der Waals surface area contributed by atoms with Gasteiger partial charge in [0.15, 0.2) is 0 Å². The fourth-order valence-electron chi connectivity index (χ4n) is 0. The van der Waals surface area contributed by atoms with Gasteiger partial charge in [0.25, 0.3) is 0 Å². The summed E-state index contributed by atoms with van der Waals surface area (Å²) in [6, 6.07) is 0. The van der Waals surface area contributed by atoms with Gasteiger partial charge in [-0.25, -0.2) is 58.7 Å². The molecule has 0 aromatic heterocycles. The van der Waals surface area contributed by atoms with Crippen molar-refractivity contribution in [3.63, 3.8) is 0 Å². The van der Waals surface area contributed by atoms with Gasteiger partial charge in [-0.05, 0) is 0 Å². The first kappa shape index (κ1) is 22.5. The van der Waals surface area contributed by atoms with Crippen LogP contribution in [0.15, 0.2) is 38.0 Å². The normalized spacial score (nSPS) is 3.91. The van der Waals surface area contributed by atoms with Crippen LogP contribution in [0, 0.1) is 20.8 Å². The molecule has 0 fully saturated rings. The first-order chi connectivity index (χ1) is 5.24. The van der Waals surface area contributed by atoms with Crippen LogP contribution in [-0.2, 0) is 16.7 Å². The van der Waals surface area contributed by atoms with Crippen LogP contribution in [0.2, 0.25) is 0 Å². The molecule has 0 heterocycles. The van der Waals surface area contributed by atoms with Gasteiger partial charge in [0, 0.05) is 0 Å². The van der Waals surface area contributed by atoms with Crippen LogP contribution in [0.3, 0.4) is 0 Å². The Kier molecular flexibility index (Phi) is 169. The van der Waals surface area contributed by atoms with Crippen LogP contribution in [0.1, 0.15) is 0 Å². The van der Waals surface area contributed by atoms with Crippen molar-refractivity contribution in [3.05, 3.63) is 58.7 Å². The first-order valence-corrected chi connectivity index (χ1v) is 7.68. The maximum absolute atomic E-state index is 3.25. The molecular formula is C9H15ITi. The summed E-state index contributed by atoms with van der Waals surface area (Å²) in [7, 11) is 0. The Labute approximate surface area is 93.9 Å². The van der Waals surface area contributed by atoms with Gasteiger partial charge in [0.05, 0.1) is 0 Å². The number of allylic oxidation sites excluding steroid dienone is 3. The maximum atomic E-state index is 3.25. The molecule has 0 spiro atoms. The summed E-state index contributed by atoms with van der Waals surface area (Å²) in [6.07, 6.45) is 4.50. The molecule has 0 aliphatic heterocycles. The van der Waals surface area contributed by atoms with Gasteiger partial charge in [-0.1, -0.05) is 0 Å². The van der Waals surface area contributed by atoms with Crippen LogP contribution in [0.5, 0.6) is 0 Å². The van der Waals surface area contributed by atoms with E-state index < -0.39 is 0 Å². The van der Waals surface area contributed by atoms with Crippen molar-refractivity contribution in [1.29, 1.82) is 0 Å². The van der Waals surface area contributed by atoms with E-state index in [1.807, 2.05) is 16.7 Å². The summed E-state index contributed by atoms with van der Waals surface area (Å²) in [5.74, 6) is 0. The van der Waals surface area contributed by atoms with Crippen LogP contribution in [-0.4, -0.2) is 0 Å². The third-order valence-electron chi connectivity index (χ3n) is 0. The van der Waals surface area contributed by atoms with E-state index in [0.717, 1.165) is 0 Å². The van der Waals surface area contributed by atoms with Crippen molar-refractivity contribution in [2.24, 2.45) is 0 Å². The van der Waals surface area contributed by atoms with Crippen molar-refractivity contribution in [2.45, 2.75) is 0 Å². The standard InChI is InChI=1S/3C3H5.HI.Ti/c3*1-3-2;;/h3*3H,1-2H2;1H;/q3*-1;;+4/p-1. The summed E-state index contributed by atoms with van der Waals surface area (Å²) >= 11 is 4.12. The van der Waals surface area contributed by atoms with Crippen molar-refractivity contribution in [2.75, 3.05) is 0 Å². The number of rotatable bonds is 0. The van der Waals surface area contributed by atoms with E-state index in [9.17, 15) is 0 Å². The molecular weight excluding hydrogens is 283 g/mol. The van der Waals surface area contributed by atoms with Crippen LogP contribution in [0.4, 0.5) is 0 Å². The quantitative estimate of drug-likeness (QED) is 0.361. The summed E-state index contributed by atoms with van der Waals surface area (Å²) in [4.78, 5) is 0. The molecule has 0 bridgehead atoms. The molecule has 0 aromatic rings. The minimum atomic E-state index is 1.50. The topological polar surface area (TPSA) is 0 Å². The minimum absolute atomic E-state index is 1.50. The van der Waals surface area contributed by atoms with E-state index in [1.54, 1.807) is 0 Å². The molecule has 0 N–H and O–H groups in total. The van der Waals surface area contributed by atoms with E-state index in [0.29, 0.717) is 0 Å². The Morgan fingerprint density at radius 3 is 0.818 bits per heavy atom. The van der Waals surface area contributed by atoms with E-state index in [-0.39, 0.29) is 0 Å². The van der Waals surface area contributed by atoms with Crippen molar-refractivity contribution < 1.29 is 16.7 Å². The second-order valence-electron chi connectivity index (χ2n) is 0.866. The summed E-state index contributed by atoms with van der Waals surface area (Å²) in [5, 5.41) is 0. The molecule has 0 saturated carbocycles. The zero-order valence-corrected chi connectivity index (χ0v) is 10.6. The van der Waals surface area contributed by atoms with Crippen LogP contribution in [0.25, 0.3) is 0 Å². The Morgan fingerprint density at radius 2 is 0.818 bits per heavy atom. The summed E-state index contributed by atoms with van der Waals surface area (Å²) in [6.45, 7) is 19.5. The Balaban J connectivity index is -0.0000000301. The second-order valence-corrected chi connectivity index (χ2v) is 0.866. The molecule has 0 rings (SSSR count). The molecule has 0 saturated heterocycles. The van der Waals surface area contributed by atoms with Crippen molar-refractivity contribution in [1.82, 2.24) is 0 Å². The van der Waals surface area contributed by atoms with Crippen LogP contribution < -0.4 is 0 Å². The molecule has 2 heteroatoms. The molecule has 0 atom stereocenters. The molecule has 0 amide bonds. The fraction of sp³-hybridized carbons (Fsp3) is 0. The van der Waals surface area contributed by atoms with Crippen LogP contribution >= 0.6 is 19.2 Å². The zero-order chi connectivity index (χ0) is 10.1. The van der Waals surface area contributed by atoms with E-state index >= 15 is 0 Å². The number of hydrogen-bond acceptors (Lipinski definition) is 0. The van der Waals surface area contributed by atoms with Crippen molar-refractivity contribution >= 4 is 19.2 Å². The van der Waals surface area contributed by atoms with Gasteiger partial charge in [0.1, 0.15) is 0 Å². The molecule has 0 radical (unpaired) electrons. The van der Waals surface area contributed by atoms with Gasteiger partial charge in [-0.3, -0.25) is 0 Å². The molecule has 0 aliphatic rings. The second kappa shape index (κ2) is 82.4. The predicted octanol–water partition coefficient (Wildman–Crippen LogP) is 3.90. The van der Waals surface area contributed by atoms with E-state index in [1.165, 1.54) is 18.2 Å². The third-order valence-corrected chi connectivity index (χ3v) is 0. The van der Waals surface area contributed by atoms with Gasteiger partial charge < -0.3 is 0 Å². The third kappa shape index (κ3) is 9350.